The summed E-state index contributed by atoms with van der Waals surface area (Å²) in [6, 6.07) is 22.0. The first kappa shape index (κ1) is 21.3. The number of allylic oxidation sites excluding steroid dienone is 1. The van der Waals surface area contributed by atoms with E-state index in [9.17, 15) is 9.59 Å². The van der Waals surface area contributed by atoms with Crippen LogP contribution in [0.25, 0.3) is 16.8 Å². The number of benzene rings is 3. The molecule has 0 aliphatic rings. The second kappa shape index (κ2) is 9.40. The van der Waals surface area contributed by atoms with Gasteiger partial charge in [-0.1, -0.05) is 72.8 Å². The minimum atomic E-state index is -1.12. The van der Waals surface area contributed by atoms with Gasteiger partial charge in [-0.25, -0.2) is 4.79 Å². The predicted octanol–water partition coefficient (Wildman–Crippen LogP) is 5.17. The van der Waals surface area contributed by atoms with Gasteiger partial charge in [-0.15, -0.1) is 0 Å². The highest BCUT2D eigenvalue weighted by Gasteiger charge is 2.31. The fraction of sp³-hybridized carbons (Fsp3) is 0.231. The molecule has 1 N–H and O–H groups in total. The first-order valence-corrected chi connectivity index (χ1v) is 10.1. The molecule has 4 heteroatoms. The SMILES string of the molecule is COC(=O)C(C)(C)NC(=O)c1ccc2ccccc2c1C=CCCc1ccccc1. The Morgan fingerprint density at radius 2 is 1.67 bits per heavy atom. The standard InChI is InChI=1S/C26H27NO3/c1-26(2,25(29)30-3)27-24(28)23-18-17-20-14-8-10-15-21(20)22(23)16-9-7-13-19-11-5-4-6-12-19/h4-6,8-12,14-18H,7,13H2,1-3H3,(H,27,28). The van der Waals surface area contributed by atoms with Crippen molar-refractivity contribution < 1.29 is 14.3 Å². The highest BCUT2D eigenvalue weighted by molar-refractivity contribution is 6.06. The third-order valence-electron chi connectivity index (χ3n) is 5.06. The maximum atomic E-state index is 13.0. The number of aryl methyl sites for hydroxylation is 1. The second-order valence-corrected chi connectivity index (χ2v) is 7.75. The molecule has 0 aliphatic heterocycles. The summed E-state index contributed by atoms with van der Waals surface area (Å²) in [7, 11) is 1.31. The Balaban J connectivity index is 1.89. The number of amides is 1. The zero-order chi connectivity index (χ0) is 21.6. The van der Waals surface area contributed by atoms with Gasteiger partial charge in [0, 0.05) is 5.56 Å². The molecule has 0 heterocycles. The van der Waals surface area contributed by atoms with E-state index in [4.69, 9.17) is 4.74 Å². The Labute approximate surface area is 177 Å². The molecule has 1 amide bonds. The van der Waals surface area contributed by atoms with Crippen molar-refractivity contribution in [3.8, 4) is 0 Å². The Bertz CT molecular complexity index is 1070. The molecule has 0 radical (unpaired) electrons. The third kappa shape index (κ3) is 4.95. The summed E-state index contributed by atoms with van der Waals surface area (Å²) >= 11 is 0. The zero-order valence-corrected chi connectivity index (χ0v) is 17.6. The van der Waals surface area contributed by atoms with Crippen molar-refractivity contribution in [1.82, 2.24) is 5.32 Å². The largest absolute Gasteiger partial charge is 0.467 e. The van der Waals surface area contributed by atoms with Crippen LogP contribution in [0, 0.1) is 0 Å². The summed E-state index contributed by atoms with van der Waals surface area (Å²) in [5, 5.41) is 4.85. The molecule has 30 heavy (non-hydrogen) atoms. The quantitative estimate of drug-likeness (QED) is 0.556. The van der Waals surface area contributed by atoms with Gasteiger partial charge in [0.2, 0.25) is 0 Å². The van der Waals surface area contributed by atoms with Crippen molar-refractivity contribution in [1.29, 1.82) is 0 Å². The van der Waals surface area contributed by atoms with Crippen LogP contribution in [-0.4, -0.2) is 24.5 Å². The van der Waals surface area contributed by atoms with Crippen LogP contribution >= 0.6 is 0 Å². The number of hydrogen-bond donors (Lipinski definition) is 1. The van der Waals surface area contributed by atoms with Crippen molar-refractivity contribution >= 4 is 28.7 Å². The summed E-state index contributed by atoms with van der Waals surface area (Å²) in [4.78, 5) is 25.0. The van der Waals surface area contributed by atoms with Crippen molar-refractivity contribution in [2.45, 2.75) is 32.2 Å². The van der Waals surface area contributed by atoms with Crippen LogP contribution in [0.2, 0.25) is 0 Å². The van der Waals surface area contributed by atoms with Crippen LogP contribution in [0.15, 0.2) is 72.8 Å². The fourth-order valence-electron chi connectivity index (χ4n) is 3.43. The maximum absolute atomic E-state index is 13.0. The normalized spacial score (nSPS) is 11.6. The molecule has 0 bridgehead atoms. The lowest BCUT2D eigenvalue weighted by molar-refractivity contribution is -0.146. The second-order valence-electron chi connectivity index (χ2n) is 7.75. The Hall–Kier alpha value is -3.40. The lowest BCUT2D eigenvalue weighted by Gasteiger charge is -2.23. The smallest absolute Gasteiger partial charge is 0.330 e. The first-order chi connectivity index (χ1) is 14.4. The van der Waals surface area contributed by atoms with Gasteiger partial charge in [-0.3, -0.25) is 4.79 Å². The van der Waals surface area contributed by atoms with Crippen LogP contribution in [0.3, 0.4) is 0 Å². The van der Waals surface area contributed by atoms with Crippen molar-refractivity contribution in [2.24, 2.45) is 0 Å². The molecule has 0 unspecified atom stereocenters. The molecule has 0 aliphatic carbocycles. The van der Waals surface area contributed by atoms with E-state index >= 15 is 0 Å². The molecular weight excluding hydrogens is 374 g/mol. The Morgan fingerprint density at radius 3 is 2.40 bits per heavy atom. The van der Waals surface area contributed by atoms with Crippen LogP contribution in [-0.2, 0) is 16.0 Å². The first-order valence-electron chi connectivity index (χ1n) is 10.1. The average molecular weight is 402 g/mol. The molecule has 3 aromatic rings. The number of nitrogens with one attached hydrogen (secondary N) is 1. The summed E-state index contributed by atoms with van der Waals surface area (Å²) in [6.07, 6.45) is 5.89. The van der Waals surface area contributed by atoms with E-state index in [2.05, 4.69) is 23.5 Å². The van der Waals surface area contributed by atoms with E-state index in [-0.39, 0.29) is 5.91 Å². The number of methoxy groups -OCH3 is 1. The molecule has 0 aromatic heterocycles. The summed E-state index contributed by atoms with van der Waals surface area (Å²) < 4.78 is 4.81. The van der Waals surface area contributed by atoms with Gasteiger partial charge in [-0.2, -0.15) is 0 Å². The fourth-order valence-corrected chi connectivity index (χ4v) is 3.43. The van der Waals surface area contributed by atoms with Gasteiger partial charge in [0.15, 0.2) is 0 Å². The Kier molecular flexibility index (Phi) is 6.68. The average Bonchev–Trinajstić information content (AvgIpc) is 2.76. The molecule has 0 saturated carbocycles. The molecule has 3 aromatic carbocycles. The van der Waals surface area contributed by atoms with E-state index in [0.29, 0.717) is 5.56 Å². The molecule has 0 atom stereocenters. The highest BCUT2D eigenvalue weighted by Crippen LogP contribution is 2.25. The molecule has 0 saturated heterocycles. The lowest BCUT2D eigenvalue weighted by atomic mass is 9.96. The monoisotopic (exact) mass is 401 g/mol. The number of carbonyl (C=O) groups excluding carboxylic acids is 2. The van der Waals surface area contributed by atoms with Gasteiger partial charge in [-0.05, 0) is 54.7 Å². The lowest BCUT2D eigenvalue weighted by Crippen LogP contribution is -2.50. The van der Waals surface area contributed by atoms with E-state index in [1.807, 2.05) is 60.7 Å². The number of ether oxygens (including phenoxy) is 1. The van der Waals surface area contributed by atoms with E-state index in [0.717, 1.165) is 29.2 Å². The van der Waals surface area contributed by atoms with Gasteiger partial charge < -0.3 is 10.1 Å². The number of carbonyl (C=O) groups is 2. The van der Waals surface area contributed by atoms with Gasteiger partial charge in [0.05, 0.1) is 7.11 Å². The number of fused-ring (bicyclic) bond motifs is 1. The van der Waals surface area contributed by atoms with Crippen LogP contribution in [0.4, 0.5) is 0 Å². The number of esters is 1. The number of hydrogen-bond acceptors (Lipinski definition) is 3. The van der Waals surface area contributed by atoms with Crippen molar-refractivity contribution in [2.75, 3.05) is 7.11 Å². The maximum Gasteiger partial charge on any atom is 0.330 e. The zero-order valence-electron chi connectivity index (χ0n) is 17.6. The molecule has 4 nitrogen and oxygen atoms in total. The van der Waals surface area contributed by atoms with E-state index in [1.165, 1.54) is 12.7 Å². The molecule has 0 spiro atoms. The predicted molar refractivity (Wildman–Crippen MR) is 121 cm³/mol. The minimum Gasteiger partial charge on any atom is -0.467 e. The topological polar surface area (TPSA) is 55.4 Å². The number of rotatable bonds is 7. The molecular formula is C26H27NO3. The van der Waals surface area contributed by atoms with Crippen molar-refractivity contribution in [3.63, 3.8) is 0 Å². The minimum absolute atomic E-state index is 0.307. The summed E-state index contributed by atoms with van der Waals surface area (Å²) in [5.41, 5.74) is 1.53. The Morgan fingerprint density at radius 1 is 0.967 bits per heavy atom. The highest BCUT2D eigenvalue weighted by atomic mass is 16.5. The van der Waals surface area contributed by atoms with Gasteiger partial charge >= 0.3 is 5.97 Å². The van der Waals surface area contributed by atoms with Gasteiger partial charge in [0.25, 0.3) is 5.91 Å². The van der Waals surface area contributed by atoms with E-state index in [1.54, 1.807) is 13.8 Å². The third-order valence-corrected chi connectivity index (χ3v) is 5.06. The summed E-state index contributed by atoms with van der Waals surface area (Å²) in [5.74, 6) is -0.796. The van der Waals surface area contributed by atoms with Crippen LogP contribution in [0.5, 0.6) is 0 Å². The molecule has 0 fully saturated rings. The summed E-state index contributed by atoms with van der Waals surface area (Å²) in [6.45, 7) is 3.26. The van der Waals surface area contributed by atoms with Crippen LogP contribution < -0.4 is 5.32 Å². The molecule has 154 valence electrons. The van der Waals surface area contributed by atoms with Crippen molar-refractivity contribution in [3.05, 3.63) is 89.5 Å². The van der Waals surface area contributed by atoms with Gasteiger partial charge in [0.1, 0.15) is 5.54 Å². The van der Waals surface area contributed by atoms with E-state index < -0.39 is 11.5 Å². The molecule has 3 rings (SSSR count). The van der Waals surface area contributed by atoms with Crippen LogP contribution in [0.1, 0.15) is 41.8 Å².